The number of carbonyl (C=O) groups is 1. The first-order valence-corrected chi connectivity index (χ1v) is 5.95. The molecule has 0 radical (unpaired) electrons. The molecule has 3 nitrogen and oxygen atoms in total. The highest BCUT2D eigenvalue weighted by molar-refractivity contribution is 5.75. The zero-order valence-electron chi connectivity index (χ0n) is 11.1. The number of aryl methyl sites for hydroxylation is 1. The van der Waals surface area contributed by atoms with Crippen LogP contribution in [0.4, 0.5) is 0 Å². The summed E-state index contributed by atoms with van der Waals surface area (Å²) >= 11 is 0. The first-order valence-electron chi connectivity index (χ1n) is 5.95. The van der Waals surface area contributed by atoms with Crippen LogP contribution in [0.3, 0.4) is 0 Å². The lowest BCUT2D eigenvalue weighted by molar-refractivity contribution is -0.169. The van der Waals surface area contributed by atoms with Crippen molar-refractivity contribution in [3.63, 3.8) is 0 Å². The summed E-state index contributed by atoms with van der Waals surface area (Å²) in [6, 6.07) is 8.34. The Labute approximate surface area is 103 Å². The van der Waals surface area contributed by atoms with Gasteiger partial charge in [-0.25, -0.2) is 5.06 Å². The van der Waals surface area contributed by atoms with Crippen molar-refractivity contribution in [1.82, 2.24) is 5.06 Å². The molecule has 1 amide bonds. The summed E-state index contributed by atoms with van der Waals surface area (Å²) in [6.07, 6.45) is 1.44. The molecule has 1 unspecified atom stereocenters. The highest BCUT2D eigenvalue weighted by atomic mass is 16.7. The Bertz CT molecular complexity index is 376. The molecule has 0 aliphatic rings. The van der Waals surface area contributed by atoms with Gasteiger partial charge in [0.1, 0.15) is 0 Å². The molecular weight excluding hydrogens is 214 g/mol. The Morgan fingerprint density at radius 2 is 2.18 bits per heavy atom. The van der Waals surface area contributed by atoms with Gasteiger partial charge in [-0.2, -0.15) is 0 Å². The van der Waals surface area contributed by atoms with Crippen LogP contribution < -0.4 is 0 Å². The van der Waals surface area contributed by atoms with Crippen LogP contribution in [-0.4, -0.2) is 25.1 Å². The molecular formula is C14H21NO2. The molecule has 0 aromatic heterocycles. The first-order chi connectivity index (χ1) is 8.08. The zero-order valence-corrected chi connectivity index (χ0v) is 11.1. The zero-order chi connectivity index (χ0) is 12.8. The number of carbonyl (C=O) groups excluding carboxylic acids is 1. The van der Waals surface area contributed by atoms with E-state index in [1.165, 1.54) is 23.3 Å². The van der Waals surface area contributed by atoms with Crippen molar-refractivity contribution in [3.8, 4) is 0 Å². The molecule has 0 fully saturated rings. The summed E-state index contributed by atoms with van der Waals surface area (Å²) < 4.78 is 0. The van der Waals surface area contributed by atoms with E-state index in [0.717, 1.165) is 6.42 Å². The molecule has 0 saturated carbocycles. The van der Waals surface area contributed by atoms with Crippen molar-refractivity contribution in [3.05, 3.63) is 35.4 Å². The van der Waals surface area contributed by atoms with Gasteiger partial charge in [-0.15, -0.1) is 0 Å². The van der Waals surface area contributed by atoms with Crippen molar-refractivity contribution in [2.75, 3.05) is 14.2 Å². The third kappa shape index (κ3) is 3.86. The van der Waals surface area contributed by atoms with Gasteiger partial charge in [0.2, 0.25) is 5.91 Å². The Hall–Kier alpha value is -1.35. The third-order valence-corrected chi connectivity index (χ3v) is 3.05. The maximum Gasteiger partial charge on any atom is 0.246 e. The summed E-state index contributed by atoms with van der Waals surface area (Å²) in [5.41, 5.74) is 2.46. The van der Waals surface area contributed by atoms with Crippen molar-refractivity contribution >= 4 is 5.91 Å². The fourth-order valence-corrected chi connectivity index (χ4v) is 1.86. The summed E-state index contributed by atoms with van der Waals surface area (Å²) in [7, 11) is 3.15. The lowest BCUT2D eigenvalue weighted by Gasteiger charge is -2.19. The number of nitrogens with zero attached hydrogens (tertiary/aromatic N) is 1. The number of amides is 1. The molecule has 0 spiro atoms. The molecule has 1 aromatic rings. The van der Waals surface area contributed by atoms with Crippen LogP contribution in [0.25, 0.3) is 0 Å². The molecule has 1 aromatic carbocycles. The molecule has 94 valence electrons. The topological polar surface area (TPSA) is 29.5 Å². The van der Waals surface area contributed by atoms with Crippen LogP contribution in [0.2, 0.25) is 0 Å². The Morgan fingerprint density at radius 3 is 2.71 bits per heavy atom. The average molecular weight is 235 g/mol. The van der Waals surface area contributed by atoms with E-state index >= 15 is 0 Å². The number of benzene rings is 1. The molecule has 0 aliphatic heterocycles. The minimum Gasteiger partial charge on any atom is -0.275 e. The average Bonchev–Trinajstić information content (AvgIpc) is 2.34. The largest absolute Gasteiger partial charge is 0.275 e. The van der Waals surface area contributed by atoms with Crippen LogP contribution in [0.15, 0.2) is 24.3 Å². The lowest BCUT2D eigenvalue weighted by Crippen LogP contribution is -2.26. The smallest absolute Gasteiger partial charge is 0.246 e. The van der Waals surface area contributed by atoms with E-state index in [0.29, 0.717) is 6.42 Å². The van der Waals surface area contributed by atoms with E-state index in [1.807, 2.05) is 6.07 Å². The number of rotatable bonds is 5. The molecule has 3 heteroatoms. The van der Waals surface area contributed by atoms with E-state index in [4.69, 9.17) is 4.84 Å². The van der Waals surface area contributed by atoms with Gasteiger partial charge in [0.05, 0.1) is 7.11 Å². The van der Waals surface area contributed by atoms with Crippen LogP contribution in [-0.2, 0) is 9.63 Å². The molecule has 1 atom stereocenters. The summed E-state index contributed by atoms with van der Waals surface area (Å²) in [6.45, 7) is 4.17. The first kappa shape index (κ1) is 13.7. The van der Waals surface area contributed by atoms with Crippen molar-refractivity contribution in [2.45, 2.75) is 32.6 Å². The SMILES string of the molecule is CCC(CC(=O)N(C)OC)c1cccc(C)c1. The van der Waals surface area contributed by atoms with Crippen LogP contribution in [0.1, 0.15) is 36.8 Å². The molecule has 0 heterocycles. The maximum absolute atomic E-state index is 11.8. The quantitative estimate of drug-likeness (QED) is 0.734. The Kier molecular flexibility index (Phi) is 5.16. The second-order valence-electron chi connectivity index (χ2n) is 4.30. The highest BCUT2D eigenvalue weighted by Gasteiger charge is 2.17. The summed E-state index contributed by atoms with van der Waals surface area (Å²) in [5.74, 6) is 0.279. The van der Waals surface area contributed by atoms with Gasteiger partial charge in [0, 0.05) is 13.5 Å². The van der Waals surface area contributed by atoms with Crippen molar-refractivity contribution in [1.29, 1.82) is 0 Å². The van der Waals surface area contributed by atoms with Crippen LogP contribution in [0.5, 0.6) is 0 Å². The van der Waals surface area contributed by atoms with E-state index in [-0.39, 0.29) is 11.8 Å². The fraction of sp³-hybridized carbons (Fsp3) is 0.500. The monoisotopic (exact) mass is 235 g/mol. The Balaban J connectivity index is 2.75. The lowest BCUT2D eigenvalue weighted by atomic mass is 9.92. The van der Waals surface area contributed by atoms with Gasteiger partial charge in [-0.3, -0.25) is 9.63 Å². The molecule has 0 N–H and O–H groups in total. The molecule has 1 rings (SSSR count). The third-order valence-electron chi connectivity index (χ3n) is 3.05. The van der Waals surface area contributed by atoms with Gasteiger partial charge >= 0.3 is 0 Å². The van der Waals surface area contributed by atoms with Crippen molar-refractivity contribution in [2.24, 2.45) is 0 Å². The summed E-state index contributed by atoms with van der Waals surface area (Å²) in [5, 5.41) is 1.29. The summed E-state index contributed by atoms with van der Waals surface area (Å²) in [4.78, 5) is 16.7. The van der Waals surface area contributed by atoms with Gasteiger partial charge in [0.25, 0.3) is 0 Å². The number of hydroxylamine groups is 2. The molecule has 0 aliphatic carbocycles. The van der Waals surface area contributed by atoms with Crippen LogP contribution >= 0.6 is 0 Å². The normalized spacial score (nSPS) is 12.2. The highest BCUT2D eigenvalue weighted by Crippen LogP contribution is 2.24. The minimum atomic E-state index is 0.0147. The van der Waals surface area contributed by atoms with E-state index < -0.39 is 0 Å². The molecule has 0 bridgehead atoms. The van der Waals surface area contributed by atoms with E-state index in [9.17, 15) is 4.79 Å². The number of hydrogen-bond donors (Lipinski definition) is 0. The second-order valence-corrected chi connectivity index (χ2v) is 4.30. The Morgan fingerprint density at radius 1 is 1.47 bits per heavy atom. The molecule has 0 saturated heterocycles. The fourth-order valence-electron chi connectivity index (χ4n) is 1.86. The van der Waals surface area contributed by atoms with Crippen LogP contribution in [0, 0.1) is 6.92 Å². The predicted molar refractivity (Wildman–Crippen MR) is 68.6 cm³/mol. The van der Waals surface area contributed by atoms with E-state index in [1.54, 1.807) is 7.05 Å². The van der Waals surface area contributed by atoms with Gasteiger partial charge in [-0.1, -0.05) is 36.8 Å². The second kappa shape index (κ2) is 6.40. The van der Waals surface area contributed by atoms with E-state index in [2.05, 4.69) is 32.0 Å². The standard InChI is InChI=1S/C14H21NO2/c1-5-12(10-14(16)15(3)17-4)13-8-6-7-11(2)9-13/h6-9,12H,5,10H2,1-4H3. The minimum absolute atomic E-state index is 0.0147. The maximum atomic E-state index is 11.8. The van der Waals surface area contributed by atoms with Crippen molar-refractivity contribution < 1.29 is 9.63 Å². The van der Waals surface area contributed by atoms with Gasteiger partial charge in [0.15, 0.2) is 0 Å². The van der Waals surface area contributed by atoms with Gasteiger partial charge < -0.3 is 0 Å². The van der Waals surface area contributed by atoms with Gasteiger partial charge in [-0.05, 0) is 24.8 Å². The predicted octanol–water partition coefficient (Wildman–Crippen LogP) is 2.90. The molecule has 17 heavy (non-hydrogen) atoms. The number of hydrogen-bond acceptors (Lipinski definition) is 2.